The van der Waals surface area contributed by atoms with Crippen LogP contribution in [0.2, 0.25) is 5.02 Å². The number of carbonyl (C=O) groups is 2. The van der Waals surface area contributed by atoms with Crippen molar-refractivity contribution < 1.29 is 14.3 Å². The fourth-order valence-electron chi connectivity index (χ4n) is 2.17. The molecule has 0 saturated heterocycles. The monoisotopic (exact) mass is 347 g/mol. The van der Waals surface area contributed by atoms with Crippen molar-refractivity contribution in [1.82, 2.24) is 0 Å². The van der Waals surface area contributed by atoms with E-state index in [-0.39, 0.29) is 11.7 Å². The zero-order chi connectivity index (χ0) is 18.3. The molecule has 5 heteroatoms. The number of nitrogens with one attached hydrogen (secondary N) is 1. The minimum absolute atomic E-state index is 0.276. The van der Waals surface area contributed by atoms with E-state index in [1.54, 1.807) is 37.3 Å². The van der Waals surface area contributed by atoms with Crippen LogP contribution < -0.4 is 10.1 Å². The highest BCUT2D eigenvalue weighted by Crippen LogP contribution is 2.27. The lowest BCUT2D eigenvalue weighted by Gasteiger charge is -2.13. The number of anilines is 1. The van der Waals surface area contributed by atoms with E-state index < -0.39 is 5.97 Å². The first-order valence-electron chi connectivity index (χ1n) is 7.73. The summed E-state index contributed by atoms with van der Waals surface area (Å²) in [6.45, 7) is 8.97. The number of hydrogen-bond acceptors (Lipinski definition) is 3. The van der Waals surface area contributed by atoms with Crippen molar-refractivity contribution in [3.63, 3.8) is 0 Å². The average Bonchev–Trinajstić information content (AvgIpc) is 2.51. The molecule has 0 radical (unpaired) electrons. The SMILES string of the molecule is CC.CC(=O)Oc1c(C)cc(C)cc1C(=O)Nc1cccc(Cl)c1. The summed E-state index contributed by atoms with van der Waals surface area (Å²) in [5, 5.41) is 3.28. The van der Waals surface area contributed by atoms with Crippen LogP contribution in [-0.4, -0.2) is 11.9 Å². The molecule has 0 aliphatic rings. The van der Waals surface area contributed by atoms with Crippen LogP contribution in [0.1, 0.15) is 42.3 Å². The molecule has 0 fully saturated rings. The van der Waals surface area contributed by atoms with Crippen molar-refractivity contribution in [2.24, 2.45) is 0 Å². The van der Waals surface area contributed by atoms with Gasteiger partial charge in [-0.05, 0) is 49.2 Å². The summed E-state index contributed by atoms with van der Waals surface area (Å²) in [5.74, 6) is -0.549. The van der Waals surface area contributed by atoms with Crippen LogP contribution in [0.15, 0.2) is 36.4 Å². The van der Waals surface area contributed by atoms with Gasteiger partial charge in [0.2, 0.25) is 0 Å². The molecule has 0 atom stereocenters. The van der Waals surface area contributed by atoms with E-state index in [0.717, 1.165) is 11.1 Å². The van der Waals surface area contributed by atoms with Gasteiger partial charge in [0.05, 0.1) is 5.56 Å². The molecule has 1 N–H and O–H groups in total. The number of halogens is 1. The van der Waals surface area contributed by atoms with E-state index >= 15 is 0 Å². The number of esters is 1. The van der Waals surface area contributed by atoms with Gasteiger partial charge in [0, 0.05) is 17.6 Å². The molecular formula is C19H22ClNO3. The highest BCUT2D eigenvalue weighted by Gasteiger charge is 2.17. The van der Waals surface area contributed by atoms with Crippen molar-refractivity contribution in [2.45, 2.75) is 34.6 Å². The number of hydrogen-bond donors (Lipinski definition) is 1. The number of aryl methyl sites for hydroxylation is 2. The molecule has 24 heavy (non-hydrogen) atoms. The van der Waals surface area contributed by atoms with E-state index in [2.05, 4.69) is 5.32 Å². The van der Waals surface area contributed by atoms with Gasteiger partial charge in [-0.25, -0.2) is 0 Å². The van der Waals surface area contributed by atoms with Gasteiger partial charge in [-0.3, -0.25) is 9.59 Å². The van der Waals surface area contributed by atoms with Gasteiger partial charge < -0.3 is 10.1 Å². The van der Waals surface area contributed by atoms with Crippen LogP contribution in [0.5, 0.6) is 5.75 Å². The van der Waals surface area contributed by atoms with Crippen molar-refractivity contribution in [2.75, 3.05) is 5.32 Å². The highest BCUT2D eigenvalue weighted by molar-refractivity contribution is 6.31. The number of rotatable bonds is 3. The van der Waals surface area contributed by atoms with Gasteiger partial charge in [0.25, 0.3) is 5.91 Å². The first-order chi connectivity index (χ1) is 11.4. The predicted octanol–water partition coefficient (Wildman–Crippen LogP) is 5.16. The van der Waals surface area contributed by atoms with E-state index in [1.807, 2.05) is 26.8 Å². The third-order valence-electron chi connectivity index (χ3n) is 2.99. The zero-order valence-corrected chi connectivity index (χ0v) is 15.3. The molecular weight excluding hydrogens is 326 g/mol. The smallest absolute Gasteiger partial charge is 0.308 e. The van der Waals surface area contributed by atoms with Crippen molar-refractivity contribution >= 4 is 29.2 Å². The minimum Gasteiger partial charge on any atom is -0.426 e. The van der Waals surface area contributed by atoms with Crippen LogP contribution in [0, 0.1) is 13.8 Å². The maximum absolute atomic E-state index is 12.5. The fraction of sp³-hybridized carbons (Fsp3) is 0.263. The van der Waals surface area contributed by atoms with Crippen LogP contribution in [0.4, 0.5) is 5.69 Å². The van der Waals surface area contributed by atoms with E-state index in [9.17, 15) is 9.59 Å². The van der Waals surface area contributed by atoms with Crippen molar-refractivity contribution in [3.8, 4) is 5.75 Å². The summed E-state index contributed by atoms with van der Waals surface area (Å²) in [7, 11) is 0. The second kappa shape index (κ2) is 9.08. The number of carbonyl (C=O) groups excluding carboxylic acids is 2. The Hall–Kier alpha value is -2.33. The summed E-state index contributed by atoms with van der Waals surface area (Å²) in [4.78, 5) is 23.7. The Balaban J connectivity index is 0.00000139. The fourth-order valence-corrected chi connectivity index (χ4v) is 2.36. The molecule has 0 bridgehead atoms. The minimum atomic E-state index is -0.469. The maximum atomic E-state index is 12.5. The quantitative estimate of drug-likeness (QED) is 0.616. The third kappa shape index (κ3) is 5.39. The maximum Gasteiger partial charge on any atom is 0.308 e. The van der Waals surface area contributed by atoms with Gasteiger partial charge in [0.1, 0.15) is 5.75 Å². The molecule has 0 unspecified atom stereocenters. The van der Waals surface area contributed by atoms with Crippen LogP contribution in [0.25, 0.3) is 0 Å². The second-order valence-corrected chi connectivity index (χ2v) is 5.45. The lowest BCUT2D eigenvalue weighted by atomic mass is 10.0. The summed E-state index contributed by atoms with van der Waals surface area (Å²) in [6, 6.07) is 10.4. The molecule has 2 aromatic rings. The number of benzene rings is 2. The molecule has 0 aliphatic heterocycles. The first-order valence-corrected chi connectivity index (χ1v) is 8.11. The van der Waals surface area contributed by atoms with E-state index in [1.165, 1.54) is 6.92 Å². The molecule has 0 aliphatic carbocycles. The molecule has 2 rings (SSSR count). The summed E-state index contributed by atoms with van der Waals surface area (Å²) < 4.78 is 5.19. The molecule has 4 nitrogen and oxygen atoms in total. The Morgan fingerprint density at radius 2 is 1.75 bits per heavy atom. The van der Waals surface area contributed by atoms with E-state index in [0.29, 0.717) is 16.3 Å². The van der Waals surface area contributed by atoms with Gasteiger partial charge >= 0.3 is 5.97 Å². The topological polar surface area (TPSA) is 55.4 Å². The molecule has 1 amide bonds. The summed E-state index contributed by atoms with van der Waals surface area (Å²) >= 11 is 5.90. The molecule has 128 valence electrons. The van der Waals surface area contributed by atoms with Crippen LogP contribution >= 0.6 is 11.6 Å². The average molecular weight is 348 g/mol. The normalized spacial score (nSPS) is 9.58. The lowest BCUT2D eigenvalue weighted by molar-refractivity contribution is -0.131. The first kappa shape index (κ1) is 19.7. The number of amides is 1. The predicted molar refractivity (Wildman–Crippen MR) is 98.0 cm³/mol. The molecule has 2 aromatic carbocycles. The Labute approximate surface area is 147 Å². The van der Waals surface area contributed by atoms with E-state index in [4.69, 9.17) is 16.3 Å². The largest absolute Gasteiger partial charge is 0.426 e. The highest BCUT2D eigenvalue weighted by atomic mass is 35.5. The van der Waals surface area contributed by atoms with Crippen molar-refractivity contribution in [1.29, 1.82) is 0 Å². The van der Waals surface area contributed by atoms with Crippen LogP contribution in [-0.2, 0) is 4.79 Å². The molecule has 0 saturated carbocycles. The van der Waals surface area contributed by atoms with Gasteiger partial charge in [0.15, 0.2) is 0 Å². The Morgan fingerprint density at radius 1 is 1.08 bits per heavy atom. The Kier molecular flexibility index (Phi) is 7.46. The van der Waals surface area contributed by atoms with Gasteiger partial charge in [-0.1, -0.05) is 37.6 Å². The standard InChI is InChI=1S/C17H16ClNO3.C2H6/c1-10-7-11(2)16(22-12(3)20)15(8-10)17(21)19-14-6-4-5-13(18)9-14;1-2/h4-9H,1-3H3,(H,19,21);1-2H3. The molecule has 0 heterocycles. The summed E-state index contributed by atoms with van der Waals surface area (Å²) in [5.41, 5.74) is 2.52. The second-order valence-electron chi connectivity index (χ2n) is 5.02. The Morgan fingerprint density at radius 3 is 2.33 bits per heavy atom. The lowest BCUT2D eigenvalue weighted by Crippen LogP contribution is -2.16. The Bertz CT molecular complexity index is 741. The summed E-state index contributed by atoms with van der Waals surface area (Å²) in [6.07, 6.45) is 0. The van der Waals surface area contributed by atoms with Gasteiger partial charge in [-0.15, -0.1) is 0 Å². The number of ether oxygens (including phenoxy) is 1. The molecule has 0 spiro atoms. The van der Waals surface area contributed by atoms with Gasteiger partial charge in [-0.2, -0.15) is 0 Å². The zero-order valence-electron chi connectivity index (χ0n) is 14.6. The third-order valence-corrected chi connectivity index (χ3v) is 3.23. The molecule has 0 aromatic heterocycles. The van der Waals surface area contributed by atoms with Crippen LogP contribution in [0.3, 0.4) is 0 Å². The van der Waals surface area contributed by atoms with Crippen molar-refractivity contribution in [3.05, 3.63) is 58.1 Å².